The Labute approximate surface area is 94.3 Å². The molecule has 0 fully saturated rings. The smallest absolute Gasteiger partial charge is 0.114 e. The second-order valence-electron chi connectivity index (χ2n) is 3.20. The topological polar surface area (TPSA) is 38.7 Å². The van der Waals surface area contributed by atoms with Crippen LogP contribution in [-0.2, 0) is 0 Å². The van der Waals surface area contributed by atoms with Crippen LogP contribution in [-0.4, -0.2) is 15.0 Å². The lowest BCUT2D eigenvalue weighted by Gasteiger charge is -2.03. The van der Waals surface area contributed by atoms with Crippen molar-refractivity contribution < 1.29 is 0 Å². The van der Waals surface area contributed by atoms with Gasteiger partial charge in [-0.05, 0) is 34.1 Å². The predicted octanol–water partition coefficient (Wildman–Crippen LogP) is 2.94. The summed E-state index contributed by atoms with van der Waals surface area (Å²) in [6, 6.07) is 5.75. The van der Waals surface area contributed by atoms with Crippen molar-refractivity contribution in [1.29, 1.82) is 0 Å². The first-order valence-corrected chi connectivity index (χ1v) is 5.29. The van der Waals surface area contributed by atoms with Gasteiger partial charge in [-0.25, -0.2) is 4.98 Å². The molecule has 0 aliphatic heterocycles. The molecule has 0 aromatic carbocycles. The summed E-state index contributed by atoms with van der Waals surface area (Å²) in [7, 11) is 0. The van der Waals surface area contributed by atoms with Crippen molar-refractivity contribution in [2.75, 3.05) is 0 Å². The Kier molecular flexibility index (Phi) is 1.89. The van der Waals surface area contributed by atoms with E-state index in [-0.39, 0.29) is 0 Å². The zero-order valence-electron chi connectivity index (χ0n) is 7.68. The fourth-order valence-corrected chi connectivity index (χ4v) is 2.16. The van der Waals surface area contributed by atoms with E-state index in [2.05, 4.69) is 30.9 Å². The fraction of sp³-hybridized carbons (Fsp3) is 0. The van der Waals surface area contributed by atoms with E-state index < -0.39 is 0 Å². The average Bonchev–Trinajstić information content (AvgIpc) is 2.30. The molecule has 0 saturated heterocycles. The van der Waals surface area contributed by atoms with Crippen molar-refractivity contribution in [1.82, 2.24) is 15.0 Å². The minimum Gasteiger partial charge on any atom is -0.264 e. The van der Waals surface area contributed by atoms with Gasteiger partial charge in [0.15, 0.2) is 0 Å². The van der Waals surface area contributed by atoms with Crippen LogP contribution in [0.2, 0.25) is 0 Å². The molecule has 0 aliphatic rings. The van der Waals surface area contributed by atoms with Crippen LogP contribution in [0.3, 0.4) is 0 Å². The third-order valence-electron chi connectivity index (χ3n) is 2.30. The molecule has 0 amide bonds. The van der Waals surface area contributed by atoms with Crippen molar-refractivity contribution in [3.05, 3.63) is 41.4 Å². The lowest BCUT2D eigenvalue weighted by Crippen LogP contribution is -1.87. The van der Waals surface area contributed by atoms with Gasteiger partial charge in [-0.2, -0.15) is 0 Å². The highest BCUT2D eigenvalue weighted by atomic mass is 79.9. The van der Waals surface area contributed by atoms with Crippen LogP contribution in [0.1, 0.15) is 0 Å². The maximum atomic E-state index is 4.43. The van der Waals surface area contributed by atoms with Crippen molar-refractivity contribution >= 4 is 37.7 Å². The van der Waals surface area contributed by atoms with Gasteiger partial charge >= 0.3 is 0 Å². The van der Waals surface area contributed by atoms with E-state index >= 15 is 0 Å². The molecule has 3 heterocycles. The van der Waals surface area contributed by atoms with Crippen molar-refractivity contribution in [3.8, 4) is 0 Å². The van der Waals surface area contributed by atoms with Crippen molar-refractivity contribution in [2.45, 2.75) is 0 Å². The average molecular weight is 260 g/mol. The summed E-state index contributed by atoms with van der Waals surface area (Å²) in [6.07, 6.45) is 5.34. The van der Waals surface area contributed by atoms with E-state index in [9.17, 15) is 0 Å². The van der Waals surface area contributed by atoms with E-state index in [4.69, 9.17) is 0 Å². The molecule has 0 N–H and O–H groups in total. The zero-order valence-corrected chi connectivity index (χ0v) is 9.27. The molecule has 3 aromatic heterocycles. The molecule has 0 radical (unpaired) electrons. The molecule has 4 heteroatoms. The summed E-state index contributed by atoms with van der Waals surface area (Å²) < 4.78 is 0.834. The third-order valence-corrected chi connectivity index (χ3v) is 2.91. The summed E-state index contributed by atoms with van der Waals surface area (Å²) in [4.78, 5) is 12.9. The molecule has 15 heavy (non-hydrogen) atoms. The van der Waals surface area contributed by atoms with Gasteiger partial charge in [0.1, 0.15) is 4.60 Å². The predicted molar refractivity (Wildman–Crippen MR) is 62.5 cm³/mol. The maximum Gasteiger partial charge on any atom is 0.114 e. The first-order valence-electron chi connectivity index (χ1n) is 4.50. The molecular weight excluding hydrogens is 254 g/mol. The van der Waals surface area contributed by atoms with Crippen LogP contribution in [0, 0.1) is 0 Å². The second-order valence-corrected chi connectivity index (χ2v) is 3.95. The lowest BCUT2D eigenvalue weighted by molar-refractivity contribution is 1.31. The van der Waals surface area contributed by atoms with Crippen LogP contribution >= 0.6 is 15.9 Å². The summed E-state index contributed by atoms with van der Waals surface area (Å²) in [5, 5.41) is 2.06. The Hall–Kier alpha value is -1.55. The van der Waals surface area contributed by atoms with Gasteiger partial charge in [-0.15, -0.1) is 0 Å². The number of pyridine rings is 3. The molecule has 3 rings (SSSR count). The van der Waals surface area contributed by atoms with Gasteiger partial charge in [-0.3, -0.25) is 9.97 Å². The van der Waals surface area contributed by atoms with Crippen molar-refractivity contribution in [3.63, 3.8) is 0 Å². The second kappa shape index (κ2) is 3.24. The molecule has 0 bridgehead atoms. The number of rotatable bonds is 0. The Morgan fingerprint density at radius 2 is 2.00 bits per heavy atom. The van der Waals surface area contributed by atoms with Crippen LogP contribution in [0.15, 0.2) is 41.4 Å². The number of nitrogens with zero attached hydrogens (tertiary/aromatic N) is 3. The van der Waals surface area contributed by atoms with Crippen LogP contribution in [0.25, 0.3) is 21.8 Å². The van der Waals surface area contributed by atoms with Crippen LogP contribution < -0.4 is 0 Å². The van der Waals surface area contributed by atoms with E-state index in [0.717, 1.165) is 26.4 Å². The van der Waals surface area contributed by atoms with Crippen molar-refractivity contribution in [2.24, 2.45) is 0 Å². The molecule has 3 aromatic rings. The number of aromatic nitrogens is 3. The number of hydrogen-bond acceptors (Lipinski definition) is 3. The molecule has 0 unspecified atom stereocenters. The number of halogens is 1. The number of hydrogen-bond donors (Lipinski definition) is 0. The van der Waals surface area contributed by atoms with Gasteiger partial charge in [0.25, 0.3) is 0 Å². The van der Waals surface area contributed by atoms with Gasteiger partial charge in [0.2, 0.25) is 0 Å². The summed E-state index contributed by atoms with van der Waals surface area (Å²) in [6.45, 7) is 0. The molecule has 3 nitrogen and oxygen atoms in total. The molecule has 0 spiro atoms. The van der Waals surface area contributed by atoms with Gasteiger partial charge in [0, 0.05) is 29.4 Å². The molecule has 0 saturated carbocycles. The zero-order chi connectivity index (χ0) is 10.3. The van der Waals surface area contributed by atoms with E-state index in [1.54, 1.807) is 12.4 Å². The van der Waals surface area contributed by atoms with Gasteiger partial charge in [0.05, 0.1) is 11.0 Å². The first-order chi connectivity index (χ1) is 7.36. The van der Waals surface area contributed by atoms with Gasteiger partial charge < -0.3 is 0 Å². The minimum absolute atomic E-state index is 0.834. The third kappa shape index (κ3) is 1.29. The summed E-state index contributed by atoms with van der Waals surface area (Å²) in [5.74, 6) is 0. The Morgan fingerprint density at radius 1 is 1.07 bits per heavy atom. The highest BCUT2D eigenvalue weighted by Gasteiger charge is 2.05. The Balaban J connectivity index is 2.64. The molecule has 0 aliphatic carbocycles. The summed E-state index contributed by atoms with van der Waals surface area (Å²) >= 11 is 3.45. The Bertz CT molecular complexity index is 651. The Morgan fingerprint density at radius 3 is 2.93 bits per heavy atom. The van der Waals surface area contributed by atoms with Crippen LogP contribution in [0.4, 0.5) is 0 Å². The van der Waals surface area contributed by atoms with E-state index in [0.29, 0.717) is 0 Å². The highest BCUT2D eigenvalue weighted by molar-refractivity contribution is 9.10. The number of fused-ring (bicyclic) bond motifs is 3. The highest BCUT2D eigenvalue weighted by Crippen LogP contribution is 2.26. The lowest BCUT2D eigenvalue weighted by atomic mass is 10.2. The maximum absolute atomic E-state index is 4.43. The molecule has 0 atom stereocenters. The largest absolute Gasteiger partial charge is 0.264 e. The monoisotopic (exact) mass is 259 g/mol. The summed E-state index contributed by atoms with van der Waals surface area (Å²) in [5.41, 5.74) is 1.77. The standard InChI is InChI=1S/C11H6BrN3/c12-11-7-3-5-13-6-8(7)10-9(15-11)2-1-4-14-10/h1-6H. The van der Waals surface area contributed by atoms with Gasteiger partial charge in [-0.1, -0.05) is 0 Å². The quantitative estimate of drug-likeness (QED) is 0.460. The first kappa shape index (κ1) is 8.73. The van der Waals surface area contributed by atoms with E-state index in [1.165, 1.54) is 0 Å². The minimum atomic E-state index is 0.834. The SMILES string of the molecule is Brc1nc2cccnc2c2cnccc12. The molecular formula is C11H6BrN3. The van der Waals surface area contributed by atoms with E-state index in [1.807, 2.05) is 24.4 Å². The normalized spacial score (nSPS) is 11.0. The van der Waals surface area contributed by atoms with Crippen LogP contribution in [0.5, 0.6) is 0 Å². The fourth-order valence-electron chi connectivity index (χ4n) is 1.62. The molecule has 72 valence electrons.